The predicted octanol–water partition coefficient (Wildman–Crippen LogP) is 4.93. The Balaban J connectivity index is 2.29. The van der Waals surface area contributed by atoms with Gasteiger partial charge in [-0.1, -0.05) is 50.4 Å². The average molecular weight is 266 g/mol. The van der Waals surface area contributed by atoms with Crippen LogP contribution in [0, 0.1) is 0 Å². The highest BCUT2D eigenvalue weighted by molar-refractivity contribution is 6.34. The summed E-state index contributed by atoms with van der Waals surface area (Å²) >= 11 is 6.14. The van der Waals surface area contributed by atoms with Crippen molar-refractivity contribution in [3.8, 4) is 0 Å². The van der Waals surface area contributed by atoms with Crippen LogP contribution in [0.5, 0.6) is 0 Å². The number of hydrogen-bond donors (Lipinski definition) is 1. The summed E-state index contributed by atoms with van der Waals surface area (Å²) in [6.07, 6.45) is 3.49. The first-order valence-corrected chi connectivity index (χ1v) is 7.05. The van der Waals surface area contributed by atoms with Gasteiger partial charge in [-0.25, -0.2) is 0 Å². The van der Waals surface area contributed by atoms with Gasteiger partial charge in [-0.15, -0.1) is 0 Å². The first-order chi connectivity index (χ1) is 8.76. The molecule has 0 saturated carbocycles. The van der Waals surface area contributed by atoms with E-state index in [-0.39, 0.29) is 0 Å². The second-order valence-electron chi connectivity index (χ2n) is 4.56. The van der Waals surface area contributed by atoms with E-state index in [1.807, 2.05) is 18.2 Å². The third-order valence-electron chi connectivity index (χ3n) is 3.16. The monoisotopic (exact) mass is 265 g/mol. The van der Waals surface area contributed by atoms with Gasteiger partial charge < -0.3 is 9.73 Å². The molecule has 1 aromatic carbocycles. The van der Waals surface area contributed by atoms with Gasteiger partial charge in [0.15, 0.2) is 5.58 Å². The third-order valence-corrected chi connectivity index (χ3v) is 3.45. The molecule has 0 fully saturated rings. The summed E-state index contributed by atoms with van der Waals surface area (Å²) in [5.41, 5.74) is 0.800. The highest BCUT2D eigenvalue weighted by Crippen LogP contribution is 2.31. The zero-order valence-electron chi connectivity index (χ0n) is 11.0. The lowest BCUT2D eigenvalue weighted by Gasteiger charge is -2.14. The van der Waals surface area contributed by atoms with Crippen molar-refractivity contribution in [1.82, 2.24) is 5.32 Å². The molecule has 18 heavy (non-hydrogen) atoms. The van der Waals surface area contributed by atoms with Crippen LogP contribution in [0.2, 0.25) is 5.02 Å². The van der Waals surface area contributed by atoms with Crippen LogP contribution in [-0.2, 0) is 0 Å². The maximum Gasteiger partial charge on any atom is 0.152 e. The number of fused-ring (bicyclic) bond motifs is 1. The van der Waals surface area contributed by atoms with E-state index in [0.717, 1.165) is 29.7 Å². The van der Waals surface area contributed by atoms with E-state index in [4.69, 9.17) is 16.0 Å². The second-order valence-corrected chi connectivity index (χ2v) is 4.97. The van der Waals surface area contributed by atoms with Gasteiger partial charge in [0.25, 0.3) is 0 Å². The van der Waals surface area contributed by atoms with Crippen molar-refractivity contribution < 1.29 is 4.42 Å². The molecule has 0 spiro atoms. The highest BCUT2D eigenvalue weighted by Gasteiger charge is 2.15. The summed E-state index contributed by atoms with van der Waals surface area (Å²) in [4.78, 5) is 0. The highest BCUT2D eigenvalue weighted by atomic mass is 35.5. The van der Waals surface area contributed by atoms with Crippen molar-refractivity contribution in [3.05, 3.63) is 35.0 Å². The van der Waals surface area contributed by atoms with Gasteiger partial charge in [-0.05, 0) is 25.1 Å². The van der Waals surface area contributed by atoms with Crippen molar-refractivity contribution in [2.45, 2.75) is 39.2 Å². The summed E-state index contributed by atoms with van der Waals surface area (Å²) in [7, 11) is 0. The average Bonchev–Trinajstić information content (AvgIpc) is 2.80. The van der Waals surface area contributed by atoms with E-state index in [2.05, 4.69) is 25.2 Å². The molecule has 0 bridgehead atoms. The number of halogens is 1. The van der Waals surface area contributed by atoms with Crippen LogP contribution >= 0.6 is 11.6 Å². The fourth-order valence-corrected chi connectivity index (χ4v) is 2.44. The number of para-hydroxylation sites is 1. The van der Waals surface area contributed by atoms with Gasteiger partial charge in [0.2, 0.25) is 0 Å². The molecule has 2 rings (SSSR count). The fourth-order valence-electron chi connectivity index (χ4n) is 2.22. The topological polar surface area (TPSA) is 25.2 Å². The molecule has 1 atom stereocenters. The molecule has 2 aromatic rings. The van der Waals surface area contributed by atoms with E-state index in [0.29, 0.717) is 11.1 Å². The predicted molar refractivity (Wildman–Crippen MR) is 77.2 cm³/mol. The minimum Gasteiger partial charge on any atom is -0.458 e. The van der Waals surface area contributed by atoms with Crippen LogP contribution in [0.25, 0.3) is 11.0 Å². The van der Waals surface area contributed by atoms with Crippen LogP contribution in [0.1, 0.15) is 44.9 Å². The van der Waals surface area contributed by atoms with E-state index in [1.165, 1.54) is 12.8 Å². The maximum atomic E-state index is 6.14. The first-order valence-electron chi connectivity index (χ1n) is 6.67. The molecule has 0 amide bonds. The first kappa shape index (κ1) is 13.4. The maximum absolute atomic E-state index is 6.14. The molecule has 0 saturated heterocycles. The smallest absolute Gasteiger partial charge is 0.152 e. The molecule has 0 aliphatic heterocycles. The number of furan rings is 1. The Morgan fingerprint density at radius 2 is 2.17 bits per heavy atom. The number of nitrogens with one attached hydrogen (secondary N) is 1. The third kappa shape index (κ3) is 2.88. The minimum atomic E-state index is 0.290. The zero-order chi connectivity index (χ0) is 13.0. The van der Waals surface area contributed by atoms with E-state index < -0.39 is 0 Å². The molecule has 0 radical (unpaired) electrons. The number of benzene rings is 1. The summed E-state index contributed by atoms with van der Waals surface area (Å²) < 4.78 is 5.92. The molecule has 0 aliphatic rings. The Morgan fingerprint density at radius 3 is 2.83 bits per heavy atom. The Labute approximate surface area is 113 Å². The summed E-state index contributed by atoms with van der Waals surface area (Å²) in [5.74, 6) is 0.994. The molecule has 98 valence electrons. The van der Waals surface area contributed by atoms with E-state index >= 15 is 0 Å². The molecule has 1 unspecified atom stereocenters. The zero-order valence-corrected chi connectivity index (χ0v) is 11.8. The van der Waals surface area contributed by atoms with E-state index in [9.17, 15) is 0 Å². The lowest BCUT2D eigenvalue weighted by molar-refractivity contribution is 0.408. The van der Waals surface area contributed by atoms with Crippen LogP contribution < -0.4 is 5.32 Å². The lowest BCUT2D eigenvalue weighted by atomic mass is 10.1. The van der Waals surface area contributed by atoms with Gasteiger partial charge >= 0.3 is 0 Å². The van der Waals surface area contributed by atoms with E-state index in [1.54, 1.807) is 0 Å². The van der Waals surface area contributed by atoms with Crippen molar-refractivity contribution in [2.24, 2.45) is 0 Å². The van der Waals surface area contributed by atoms with Gasteiger partial charge in [0.05, 0.1) is 11.1 Å². The largest absolute Gasteiger partial charge is 0.458 e. The van der Waals surface area contributed by atoms with Crippen molar-refractivity contribution >= 4 is 22.6 Å². The number of unbranched alkanes of at least 4 members (excludes halogenated alkanes) is 1. The normalized spacial score (nSPS) is 13.1. The quantitative estimate of drug-likeness (QED) is 0.801. The Kier molecular flexibility index (Phi) is 4.67. The molecule has 1 aromatic heterocycles. The second kappa shape index (κ2) is 6.26. The van der Waals surface area contributed by atoms with Gasteiger partial charge in [-0.2, -0.15) is 0 Å². The number of hydrogen-bond acceptors (Lipinski definition) is 2. The molecule has 2 nitrogen and oxygen atoms in total. The van der Waals surface area contributed by atoms with Crippen molar-refractivity contribution in [1.29, 1.82) is 0 Å². The Bertz CT molecular complexity index is 506. The minimum absolute atomic E-state index is 0.290. The van der Waals surface area contributed by atoms with Crippen LogP contribution in [-0.4, -0.2) is 6.54 Å². The summed E-state index contributed by atoms with van der Waals surface area (Å²) in [5, 5.41) is 5.24. The lowest BCUT2D eigenvalue weighted by Crippen LogP contribution is -2.20. The molecule has 1 N–H and O–H groups in total. The summed E-state index contributed by atoms with van der Waals surface area (Å²) in [6.45, 7) is 5.27. The SMILES string of the molecule is CCCCC(NCC)c1cc2cccc(Cl)c2o1. The molecule has 0 aliphatic carbocycles. The molecule has 3 heteroatoms. The standard InChI is InChI=1S/C15H20ClNO/c1-3-5-9-13(17-4-2)14-10-11-7-6-8-12(16)15(11)18-14/h6-8,10,13,17H,3-5,9H2,1-2H3. The van der Waals surface area contributed by atoms with Gasteiger partial charge in [0, 0.05) is 5.39 Å². The Morgan fingerprint density at radius 1 is 1.33 bits per heavy atom. The summed E-state index contributed by atoms with van der Waals surface area (Å²) in [6, 6.07) is 8.25. The molecular weight excluding hydrogens is 246 g/mol. The fraction of sp³-hybridized carbons (Fsp3) is 0.467. The van der Waals surface area contributed by atoms with Crippen LogP contribution in [0.3, 0.4) is 0 Å². The van der Waals surface area contributed by atoms with Crippen LogP contribution in [0.4, 0.5) is 0 Å². The molecular formula is C15H20ClNO. The Hall–Kier alpha value is -0.990. The van der Waals surface area contributed by atoms with Crippen LogP contribution in [0.15, 0.2) is 28.7 Å². The molecule has 1 heterocycles. The number of rotatable bonds is 6. The van der Waals surface area contributed by atoms with Gasteiger partial charge in [0.1, 0.15) is 5.76 Å². The van der Waals surface area contributed by atoms with Gasteiger partial charge in [-0.3, -0.25) is 0 Å². The van der Waals surface area contributed by atoms with Crippen molar-refractivity contribution in [3.63, 3.8) is 0 Å². The van der Waals surface area contributed by atoms with Crippen molar-refractivity contribution in [2.75, 3.05) is 6.54 Å².